The third kappa shape index (κ3) is 6.07. The number of ether oxygens (including phenoxy) is 1. The van der Waals surface area contributed by atoms with Crippen LogP contribution in [-0.2, 0) is 4.74 Å². The predicted molar refractivity (Wildman–Crippen MR) is 136 cm³/mol. The molecule has 1 saturated heterocycles. The van der Waals surface area contributed by atoms with Crippen molar-refractivity contribution in [3.63, 3.8) is 0 Å². The van der Waals surface area contributed by atoms with Gasteiger partial charge in [-0.2, -0.15) is 0 Å². The van der Waals surface area contributed by atoms with Gasteiger partial charge in [-0.3, -0.25) is 9.88 Å². The molecule has 1 aliphatic heterocycles. The van der Waals surface area contributed by atoms with Crippen LogP contribution in [0.25, 0.3) is 33.8 Å². The normalized spacial score (nSPS) is 14.1. The van der Waals surface area contributed by atoms with Crippen molar-refractivity contribution in [1.82, 2.24) is 19.9 Å². The Kier molecular flexibility index (Phi) is 7.36. The molecule has 0 spiro atoms. The van der Waals surface area contributed by atoms with Gasteiger partial charge in [0.2, 0.25) is 0 Å². The van der Waals surface area contributed by atoms with Crippen LogP contribution in [0.3, 0.4) is 0 Å². The molecule has 0 aliphatic carbocycles. The summed E-state index contributed by atoms with van der Waals surface area (Å²) in [7, 11) is 0. The van der Waals surface area contributed by atoms with Gasteiger partial charge in [0.1, 0.15) is 11.6 Å². The van der Waals surface area contributed by atoms with Gasteiger partial charge in [-0.15, -0.1) is 0 Å². The first-order valence-corrected chi connectivity index (χ1v) is 11.9. The van der Waals surface area contributed by atoms with Gasteiger partial charge in [-0.05, 0) is 36.7 Å². The largest absolute Gasteiger partial charge is 0.379 e. The summed E-state index contributed by atoms with van der Waals surface area (Å²) in [6.45, 7) is 5.46. The maximum absolute atomic E-state index is 13.4. The molecule has 0 amide bonds. The zero-order valence-corrected chi connectivity index (χ0v) is 19.5. The Morgan fingerprint density at radius 2 is 1.60 bits per heavy atom. The van der Waals surface area contributed by atoms with Crippen molar-refractivity contribution in [2.24, 2.45) is 0 Å². The summed E-state index contributed by atoms with van der Waals surface area (Å²) in [6, 6.07) is 20.4. The zero-order valence-electron chi connectivity index (χ0n) is 19.5. The predicted octanol–water partition coefficient (Wildman–Crippen LogP) is 5.15. The number of nitrogens with one attached hydrogen (secondary N) is 1. The number of benzene rings is 2. The topological polar surface area (TPSA) is 63.2 Å². The molecule has 6 nitrogen and oxygen atoms in total. The van der Waals surface area contributed by atoms with E-state index in [2.05, 4.69) is 15.2 Å². The molecule has 7 heteroatoms. The molecule has 2 aromatic carbocycles. The molecule has 1 N–H and O–H groups in total. The lowest BCUT2D eigenvalue weighted by molar-refractivity contribution is 0.0378. The van der Waals surface area contributed by atoms with Gasteiger partial charge in [0.25, 0.3) is 0 Å². The molecule has 3 heterocycles. The molecule has 0 saturated carbocycles. The van der Waals surface area contributed by atoms with Crippen molar-refractivity contribution in [2.45, 2.75) is 6.42 Å². The van der Waals surface area contributed by atoms with Crippen LogP contribution >= 0.6 is 0 Å². The summed E-state index contributed by atoms with van der Waals surface area (Å²) in [6.07, 6.45) is 4.59. The van der Waals surface area contributed by atoms with Gasteiger partial charge in [0.15, 0.2) is 5.82 Å². The number of pyridine rings is 1. The fourth-order valence-electron chi connectivity index (χ4n) is 4.13. The lowest BCUT2D eigenvalue weighted by atomic mass is 10.0. The summed E-state index contributed by atoms with van der Waals surface area (Å²) in [5, 5.41) is 3.49. The lowest BCUT2D eigenvalue weighted by Gasteiger charge is -2.26. The van der Waals surface area contributed by atoms with Crippen LogP contribution in [0.2, 0.25) is 0 Å². The standard InChI is InChI=1S/C28H28FN5O/c29-25-9-7-21(8-10-25)23-17-24(20-30-19-23)26-18-27(31-11-4-12-34-13-15-35-16-14-34)33-28(32-26)22-5-2-1-3-6-22/h1-3,5-10,17-20H,4,11-16H2,(H,31,32,33). The number of halogens is 1. The molecule has 2 aromatic heterocycles. The monoisotopic (exact) mass is 469 g/mol. The van der Waals surface area contributed by atoms with Crippen LogP contribution in [0.15, 0.2) is 79.1 Å². The highest BCUT2D eigenvalue weighted by Gasteiger charge is 2.12. The highest BCUT2D eigenvalue weighted by Crippen LogP contribution is 2.27. The van der Waals surface area contributed by atoms with Crippen LogP contribution in [0, 0.1) is 5.82 Å². The minimum atomic E-state index is -0.259. The maximum atomic E-state index is 13.4. The fourth-order valence-corrected chi connectivity index (χ4v) is 4.13. The lowest BCUT2D eigenvalue weighted by Crippen LogP contribution is -2.37. The Labute approximate surface area is 204 Å². The average molecular weight is 470 g/mol. The average Bonchev–Trinajstić information content (AvgIpc) is 2.92. The minimum Gasteiger partial charge on any atom is -0.379 e. The first kappa shape index (κ1) is 23.1. The van der Waals surface area contributed by atoms with Gasteiger partial charge in [0, 0.05) is 54.8 Å². The van der Waals surface area contributed by atoms with E-state index >= 15 is 0 Å². The van der Waals surface area contributed by atoms with E-state index in [4.69, 9.17) is 14.7 Å². The van der Waals surface area contributed by atoms with E-state index in [1.807, 2.05) is 42.5 Å². The molecule has 1 aliphatic rings. The van der Waals surface area contributed by atoms with Crippen molar-refractivity contribution in [1.29, 1.82) is 0 Å². The molecule has 0 atom stereocenters. The van der Waals surface area contributed by atoms with Crippen LogP contribution in [0.5, 0.6) is 0 Å². The van der Waals surface area contributed by atoms with Crippen LogP contribution in [0.4, 0.5) is 10.2 Å². The summed E-state index contributed by atoms with van der Waals surface area (Å²) in [5.74, 6) is 1.18. The van der Waals surface area contributed by atoms with Crippen LogP contribution < -0.4 is 5.32 Å². The summed E-state index contributed by atoms with van der Waals surface area (Å²) < 4.78 is 18.8. The summed E-state index contributed by atoms with van der Waals surface area (Å²) >= 11 is 0. The van der Waals surface area contributed by atoms with Crippen LogP contribution in [0.1, 0.15) is 6.42 Å². The van der Waals surface area contributed by atoms with E-state index in [0.717, 1.165) is 79.6 Å². The van der Waals surface area contributed by atoms with E-state index in [0.29, 0.717) is 5.82 Å². The smallest absolute Gasteiger partial charge is 0.162 e. The molecule has 0 unspecified atom stereocenters. The Hall–Kier alpha value is -3.68. The van der Waals surface area contributed by atoms with Crippen molar-refractivity contribution >= 4 is 5.82 Å². The highest BCUT2D eigenvalue weighted by atomic mass is 19.1. The minimum absolute atomic E-state index is 0.259. The maximum Gasteiger partial charge on any atom is 0.162 e. The molecule has 178 valence electrons. The second kappa shape index (κ2) is 11.2. The van der Waals surface area contributed by atoms with E-state index in [9.17, 15) is 4.39 Å². The molecule has 1 fully saturated rings. The number of nitrogens with zero attached hydrogens (tertiary/aromatic N) is 4. The van der Waals surface area contributed by atoms with Crippen molar-refractivity contribution in [3.05, 3.63) is 84.9 Å². The third-order valence-electron chi connectivity index (χ3n) is 6.03. The van der Waals surface area contributed by atoms with E-state index in [1.165, 1.54) is 12.1 Å². The number of rotatable bonds is 8. The molecular formula is C28H28FN5O. The number of anilines is 1. The van der Waals surface area contributed by atoms with Gasteiger partial charge < -0.3 is 10.1 Å². The number of hydrogen-bond acceptors (Lipinski definition) is 6. The quantitative estimate of drug-likeness (QED) is 0.360. The van der Waals surface area contributed by atoms with Crippen molar-refractivity contribution in [3.8, 4) is 33.8 Å². The molecule has 0 radical (unpaired) electrons. The number of aromatic nitrogens is 3. The van der Waals surface area contributed by atoms with E-state index in [1.54, 1.807) is 24.5 Å². The Morgan fingerprint density at radius 3 is 2.40 bits per heavy atom. The van der Waals surface area contributed by atoms with E-state index < -0.39 is 0 Å². The SMILES string of the molecule is Fc1ccc(-c2cncc(-c3cc(NCCCN4CCOCC4)nc(-c4ccccc4)n3)c2)cc1. The van der Waals surface area contributed by atoms with Gasteiger partial charge in [-0.25, -0.2) is 14.4 Å². The number of morpholine rings is 1. The molecular weight excluding hydrogens is 441 g/mol. The van der Waals surface area contributed by atoms with Crippen LogP contribution in [-0.4, -0.2) is 59.2 Å². The van der Waals surface area contributed by atoms with Gasteiger partial charge >= 0.3 is 0 Å². The van der Waals surface area contributed by atoms with E-state index in [-0.39, 0.29) is 5.82 Å². The second-order valence-electron chi connectivity index (χ2n) is 8.53. The van der Waals surface area contributed by atoms with Crippen molar-refractivity contribution < 1.29 is 9.13 Å². The Morgan fingerprint density at radius 1 is 0.829 bits per heavy atom. The van der Waals surface area contributed by atoms with Crippen molar-refractivity contribution in [2.75, 3.05) is 44.7 Å². The van der Waals surface area contributed by atoms with Gasteiger partial charge in [0.05, 0.1) is 18.9 Å². The summed E-state index contributed by atoms with van der Waals surface area (Å²) in [4.78, 5) is 16.5. The second-order valence-corrected chi connectivity index (χ2v) is 8.53. The molecule has 35 heavy (non-hydrogen) atoms. The Balaban J connectivity index is 1.39. The van der Waals surface area contributed by atoms with Gasteiger partial charge in [-0.1, -0.05) is 42.5 Å². The molecule has 0 bridgehead atoms. The number of hydrogen-bond donors (Lipinski definition) is 1. The zero-order chi connectivity index (χ0) is 23.9. The molecule has 5 rings (SSSR count). The summed E-state index contributed by atoms with van der Waals surface area (Å²) in [5.41, 5.74) is 4.42. The molecule has 4 aromatic rings. The first-order chi connectivity index (χ1) is 17.2. The highest BCUT2D eigenvalue weighted by molar-refractivity contribution is 5.72. The fraction of sp³-hybridized carbons (Fsp3) is 0.250. The third-order valence-corrected chi connectivity index (χ3v) is 6.03. The Bertz CT molecular complexity index is 1240. The first-order valence-electron chi connectivity index (χ1n) is 11.9.